The number of fused-ring (bicyclic) bond motifs is 2. The number of likely N-dealkylation sites (N-methyl/N-ethyl adjacent to an activating group) is 1. The monoisotopic (exact) mass is 426 g/mol. The number of aromatic amines is 1. The summed E-state index contributed by atoms with van der Waals surface area (Å²) in [6.07, 6.45) is 6.44. The molecule has 5 rings (SSSR count). The topological polar surface area (TPSA) is 69.3 Å². The van der Waals surface area contributed by atoms with Crippen molar-refractivity contribution in [1.82, 2.24) is 14.3 Å². The van der Waals surface area contributed by atoms with Crippen LogP contribution in [0.25, 0.3) is 27.7 Å². The van der Waals surface area contributed by atoms with Crippen LogP contribution in [0.2, 0.25) is 0 Å². The molecular weight excluding hydrogens is 403 g/mol. The van der Waals surface area contributed by atoms with Crippen LogP contribution in [0, 0.1) is 5.82 Å². The first-order chi connectivity index (χ1) is 14.3. The lowest BCUT2D eigenvalue weighted by Gasteiger charge is -2.27. The van der Waals surface area contributed by atoms with Gasteiger partial charge in [0.2, 0.25) is 10.0 Å². The van der Waals surface area contributed by atoms with E-state index in [0.29, 0.717) is 19.5 Å². The zero-order valence-corrected chi connectivity index (χ0v) is 17.8. The molecule has 30 heavy (non-hydrogen) atoms. The van der Waals surface area contributed by atoms with Gasteiger partial charge in [0.05, 0.1) is 6.26 Å². The van der Waals surface area contributed by atoms with Gasteiger partial charge in [-0.25, -0.2) is 17.8 Å². The molecule has 2 aliphatic heterocycles. The molecule has 0 fully saturated rings. The van der Waals surface area contributed by atoms with E-state index in [1.807, 2.05) is 25.3 Å². The van der Waals surface area contributed by atoms with E-state index in [9.17, 15) is 12.8 Å². The first-order valence-electron chi connectivity index (χ1n) is 9.98. The van der Waals surface area contributed by atoms with E-state index in [1.54, 1.807) is 12.3 Å². The van der Waals surface area contributed by atoms with Crippen molar-refractivity contribution in [3.63, 3.8) is 0 Å². The molecular formula is C22H23FN4O2S. The van der Waals surface area contributed by atoms with Crippen LogP contribution in [0.3, 0.4) is 0 Å². The van der Waals surface area contributed by atoms with Crippen molar-refractivity contribution in [2.24, 2.45) is 0 Å². The van der Waals surface area contributed by atoms with Gasteiger partial charge in [-0.3, -0.25) is 0 Å². The lowest BCUT2D eigenvalue weighted by Crippen LogP contribution is -2.33. The van der Waals surface area contributed by atoms with Gasteiger partial charge in [-0.15, -0.1) is 0 Å². The predicted molar refractivity (Wildman–Crippen MR) is 117 cm³/mol. The summed E-state index contributed by atoms with van der Waals surface area (Å²) in [5.41, 5.74) is 6.89. The summed E-state index contributed by atoms with van der Waals surface area (Å²) in [7, 11) is -1.17. The molecule has 156 valence electrons. The highest BCUT2D eigenvalue weighted by molar-refractivity contribution is 7.88. The van der Waals surface area contributed by atoms with E-state index in [4.69, 9.17) is 0 Å². The zero-order valence-electron chi connectivity index (χ0n) is 16.9. The number of rotatable bonds is 2. The molecule has 0 radical (unpaired) electrons. The van der Waals surface area contributed by atoms with Crippen molar-refractivity contribution < 1.29 is 12.8 Å². The maximum atomic E-state index is 14.1. The summed E-state index contributed by atoms with van der Waals surface area (Å²) < 4.78 is 39.3. The number of hydrogen-bond donors (Lipinski definition) is 1. The molecule has 8 heteroatoms. The van der Waals surface area contributed by atoms with Gasteiger partial charge in [-0.1, -0.05) is 6.08 Å². The number of nitrogens with zero attached hydrogens (tertiary/aromatic N) is 3. The molecule has 2 aliphatic rings. The van der Waals surface area contributed by atoms with Gasteiger partial charge in [0, 0.05) is 55.2 Å². The predicted octanol–water partition coefficient (Wildman–Crippen LogP) is 3.41. The Bertz CT molecular complexity index is 1300. The second kappa shape index (κ2) is 6.92. The normalized spacial score (nSPS) is 17.4. The number of pyridine rings is 1. The van der Waals surface area contributed by atoms with E-state index in [1.165, 1.54) is 16.6 Å². The molecule has 0 spiro atoms. The number of sulfonamides is 1. The first kappa shape index (κ1) is 19.3. The van der Waals surface area contributed by atoms with Crippen LogP contribution in [0.1, 0.15) is 17.7 Å². The Hall–Kier alpha value is -2.71. The van der Waals surface area contributed by atoms with Crippen LogP contribution in [0.4, 0.5) is 10.1 Å². The fraction of sp³-hybridized carbons (Fsp3) is 0.318. The highest BCUT2D eigenvalue weighted by Crippen LogP contribution is 2.41. The summed E-state index contributed by atoms with van der Waals surface area (Å²) in [6.45, 7) is 1.63. The van der Waals surface area contributed by atoms with Gasteiger partial charge < -0.3 is 9.88 Å². The molecule has 0 saturated heterocycles. The van der Waals surface area contributed by atoms with Gasteiger partial charge in [0.1, 0.15) is 11.5 Å². The number of anilines is 1. The van der Waals surface area contributed by atoms with Crippen molar-refractivity contribution in [3.05, 3.63) is 53.6 Å². The maximum absolute atomic E-state index is 14.1. The third-order valence-corrected chi connectivity index (χ3v) is 7.39. The Labute approximate surface area is 175 Å². The van der Waals surface area contributed by atoms with E-state index in [-0.39, 0.29) is 5.82 Å². The molecule has 3 aromatic rings. The van der Waals surface area contributed by atoms with Crippen LogP contribution in [0.5, 0.6) is 0 Å². The lowest BCUT2D eigenvalue weighted by atomic mass is 9.92. The molecule has 6 nitrogen and oxygen atoms in total. The van der Waals surface area contributed by atoms with Crippen molar-refractivity contribution in [3.8, 4) is 11.1 Å². The Morgan fingerprint density at radius 2 is 1.97 bits per heavy atom. The fourth-order valence-corrected chi connectivity index (χ4v) is 5.33. The average Bonchev–Trinajstić information content (AvgIpc) is 3.09. The molecule has 0 atom stereocenters. The van der Waals surface area contributed by atoms with Crippen molar-refractivity contribution in [1.29, 1.82) is 0 Å². The Morgan fingerprint density at radius 3 is 2.70 bits per heavy atom. The van der Waals surface area contributed by atoms with Gasteiger partial charge >= 0.3 is 0 Å². The molecule has 0 saturated carbocycles. The summed E-state index contributed by atoms with van der Waals surface area (Å²) in [4.78, 5) is 10.2. The Kier molecular flexibility index (Phi) is 4.44. The minimum absolute atomic E-state index is 0.263. The van der Waals surface area contributed by atoms with Gasteiger partial charge in [-0.05, 0) is 53.8 Å². The molecule has 1 N–H and O–H groups in total. The second-order valence-corrected chi connectivity index (χ2v) is 9.98. The largest absolute Gasteiger partial charge is 0.374 e. The van der Waals surface area contributed by atoms with Crippen LogP contribution >= 0.6 is 0 Å². The smallest absolute Gasteiger partial charge is 0.211 e. The minimum atomic E-state index is -3.20. The van der Waals surface area contributed by atoms with E-state index < -0.39 is 10.0 Å². The van der Waals surface area contributed by atoms with Crippen molar-refractivity contribution in [2.75, 3.05) is 37.8 Å². The van der Waals surface area contributed by atoms with Crippen LogP contribution in [-0.2, 0) is 16.4 Å². The average molecular weight is 427 g/mol. The molecule has 0 unspecified atom stereocenters. The highest BCUT2D eigenvalue weighted by Gasteiger charge is 2.26. The number of hydrogen-bond acceptors (Lipinski definition) is 4. The molecule has 1 aromatic carbocycles. The summed E-state index contributed by atoms with van der Waals surface area (Å²) in [6, 6.07) is 6.87. The molecule has 0 aliphatic carbocycles. The highest BCUT2D eigenvalue weighted by atomic mass is 32.2. The van der Waals surface area contributed by atoms with Crippen LogP contribution < -0.4 is 4.90 Å². The quantitative estimate of drug-likeness (QED) is 0.682. The molecule has 4 heterocycles. The second-order valence-electron chi connectivity index (χ2n) is 7.99. The summed E-state index contributed by atoms with van der Waals surface area (Å²) >= 11 is 0. The standard InChI is InChI=1S/C22H23FN4O2S/c1-26-10-8-17-20-16(18-13-15(23)3-4-19(18)26)5-9-24-22(20)25-21(17)14-6-11-27(12-7-14)30(2,28)29/h3-6,9,13H,7-8,10-12H2,1-2H3,(H,24,25). The summed E-state index contributed by atoms with van der Waals surface area (Å²) in [5, 5.41) is 1.03. The first-order valence-corrected chi connectivity index (χ1v) is 11.8. The van der Waals surface area contributed by atoms with Gasteiger partial charge in [-0.2, -0.15) is 4.31 Å². The number of H-pyrrole nitrogens is 1. The zero-order chi connectivity index (χ0) is 21.0. The van der Waals surface area contributed by atoms with E-state index in [2.05, 4.69) is 14.9 Å². The number of aromatic nitrogens is 2. The third-order valence-electron chi connectivity index (χ3n) is 6.12. The van der Waals surface area contributed by atoms with Crippen molar-refractivity contribution in [2.45, 2.75) is 12.8 Å². The number of halogens is 1. The van der Waals surface area contributed by atoms with Gasteiger partial charge in [0.25, 0.3) is 0 Å². The minimum Gasteiger partial charge on any atom is -0.374 e. The van der Waals surface area contributed by atoms with Crippen LogP contribution in [-0.4, -0.2) is 55.6 Å². The van der Waals surface area contributed by atoms with E-state index >= 15 is 0 Å². The molecule has 2 aromatic heterocycles. The van der Waals surface area contributed by atoms with Crippen molar-refractivity contribution >= 4 is 32.3 Å². The maximum Gasteiger partial charge on any atom is 0.211 e. The molecule has 0 amide bonds. The molecule has 0 bridgehead atoms. The third kappa shape index (κ3) is 3.11. The Morgan fingerprint density at radius 1 is 1.13 bits per heavy atom. The summed E-state index contributed by atoms with van der Waals surface area (Å²) in [5.74, 6) is -0.263. The van der Waals surface area contributed by atoms with Gasteiger partial charge in [0.15, 0.2) is 0 Å². The number of nitrogens with one attached hydrogen (secondary N) is 1. The fourth-order valence-electron chi connectivity index (χ4n) is 4.57. The number of benzene rings is 1. The van der Waals surface area contributed by atoms with E-state index in [0.717, 1.165) is 57.6 Å². The van der Waals surface area contributed by atoms with Crippen LogP contribution in [0.15, 0.2) is 36.5 Å². The lowest BCUT2D eigenvalue weighted by molar-refractivity contribution is 0.445. The SMILES string of the molecule is CN1CCc2c(C3=CCN(S(C)(=O)=O)CC3)[nH]c3nccc(c23)-c2cc(F)ccc21. The Balaban J connectivity index is 1.69.